The van der Waals surface area contributed by atoms with Gasteiger partial charge in [0.05, 0.1) is 5.69 Å². The van der Waals surface area contributed by atoms with Crippen molar-refractivity contribution in [2.24, 2.45) is 0 Å². The zero-order valence-corrected chi connectivity index (χ0v) is 13.1. The molecule has 0 radical (unpaired) electrons. The van der Waals surface area contributed by atoms with Gasteiger partial charge in [0.15, 0.2) is 0 Å². The molecule has 0 aliphatic heterocycles. The lowest BCUT2D eigenvalue weighted by molar-refractivity contribution is -0.122. The Bertz CT molecular complexity index is 621. The van der Waals surface area contributed by atoms with Crippen LogP contribution in [0, 0.1) is 0 Å². The van der Waals surface area contributed by atoms with Crippen LogP contribution in [0.5, 0.6) is 0 Å². The molecule has 1 aliphatic carbocycles. The summed E-state index contributed by atoms with van der Waals surface area (Å²) < 4.78 is 0. The molecule has 1 N–H and O–H groups in total. The summed E-state index contributed by atoms with van der Waals surface area (Å²) in [7, 11) is 0. The summed E-state index contributed by atoms with van der Waals surface area (Å²) in [6.45, 7) is 0. The van der Waals surface area contributed by atoms with Gasteiger partial charge >= 0.3 is 0 Å². The third-order valence-electron chi connectivity index (χ3n) is 4.15. The van der Waals surface area contributed by atoms with Gasteiger partial charge in [0.1, 0.15) is 5.92 Å². The molecular formula is C18H19ClN2O. The summed E-state index contributed by atoms with van der Waals surface area (Å²) in [6.07, 6.45) is 6.25. The van der Waals surface area contributed by atoms with E-state index >= 15 is 0 Å². The van der Waals surface area contributed by atoms with E-state index in [1.165, 1.54) is 12.8 Å². The molecule has 3 nitrogen and oxygen atoms in total. The molecule has 4 heteroatoms. The Labute approximate surface area is 135 Å². The molecule has 1 fully saturated rings. The van der Waals surface area contributed by atoms with Crippen molar-refractivity contribution in [3.63, 3.8) is 0 Å². The number of benzene rings is 1. The SMILES string of the molecule is O=C(NC1CCCC1)C(c1ccc(Cl)cc1)c1ccccn1. The third-order valence-corrected chi connectivity index (χ3v) is 4.40. The summed E-state index contributed by atoms with van der Waals surface area (Å²) in [5.41, 5.74) is 1.68. The van der Waals surface area contributed by atoms with Gasteiger partial charge in [-0.3, -0.25) is 9.78 Å². The van der Waals surface area contributed by atoms with E-state index in [1.807, 2.05) is 42.5 Å². The van der Waals surface area contributed by atoms with Crippen molar-refractivity contribution in [2.75, 3.05) is 0 Å². The fraction of sp³-hybridized carbons (Fsp3) is 0.333. The van der Waals surface area contributed by atoms with E-state index in [4.69, 9.17) is 11.6 Å². The van der Waals surface area contributed by atoms with Crippen molar-refractivity contribution in [1.82, 2.24) is 10.3 Å². The number of nitrogens with zero attached hydrogens (tertiary/aromatic N) is 1. The molecule has 1 aromatic carbocycles. The Morgan fingerprint density at radius 3 is 2.50 bits per heavy atom. The van der Waals surface area contributed by atoms with Crippen LogP contribution in [0.1, 0.15) is 42.9 Å². The quantitative estimate of drug-likeness (QED) is 0.929. The lowest BCUT2D eigenvalue weighted by atomic mass is 9.94. The summed E-state index contributed by atoms with van der Waals surface area (Å²) in [5, 5.41) is 3.85. The molecule has 114 valence electrons. The molecule has 1 saturated carbocycles. The first-order valence-electron chi connectivity index (χ1n) is 7.71. The van der Waals surface area contributed by atoms with Crippen LogP contribution >= 0.6 is 11.6 Å². The first-order chi connectivity index (χ1) is 10.7. The van der Waals surface area contributed by atoms with E-state index in [9.17, 15) is 4.79 Å². The monoisotopic (exact) mass is 314 g/mol. The predicted octanol–water partition coefficient (Wildman–Crippen LogP) is 3.93. The zero-order chi connectivity index (χ0) is 15.4. The molecule has 0 saturated heterocycles. The summed E-state index contributed by atoms with van der Waals surface area (Å²) >= 11 is 5.96. The largest absolute Gasteiger partial charge is 0.352 e. The lowest BCUT2D eigenvalue weighted by Crippen LogP contribution is -2.37. The Balaban J connectivity index is 1.88. The van der Waals surface area contributed by atoms with Crippen molar-refractivity contribution >= 4 is 17.5 Å². The number of amides is 1. The molecule has 3 rings (SSSR count). The van der Waals surface area contributed by atoms with E-state index < -0.39 is 0 Å². The second-order valence-electron chi connectivity index (χ2n) is 5.73. The standard InChI is InChI=1S/C18H19ClN2O/c19-14-10-8-13(9-11-14)17(16-7-3-4-12-20-16)18(22)21-15-5-1-2-6-15/h3-4,7-12,15,17H,1-2,5-6H2,(H,21,22). The van der Waals surface area contributed by atoms with E-state index in [1.54, 1.807) is 6.20 Å². The maximum atomic E-state index is 12.8. The topological polar surface area (TPSA) is 42.0 Å². The van der Waals surface area contributed by atoms with Crippen LogP contribution in [0.15, 0.2) is 48.7 Å². The fourth-order valence-corrected chi connectivity index (χ4v) is 3.14. The number of hydrogen-bond acceptors (Lipinski definition) is 2. The number of halogens is 1. The molecule has 0 bridgehead atoms. The predicted molar refractivity (Wildman–Crippen MR) is 87.9 cm³/mol. The van der Waals surface area contributed by atoms with Crippen molar-refractivity contribution in [3.05, 3.63) is 64.9 Å². The van der Waals surface area contributed by atoms with Crippen molar-refractivity contribution in [3.8, 4) is 0 Å². The van der Waals surface area contributed by atoms with Crippen LogP contribution in [0.2, 0.25) is 5.02 Å². The van der Waals surface area contributed by atoms with Crippen molar-refractivity contribution < 1.29 is 4.79 Å². The molecular weight excluding hydrogens is 296 g/mol. The Morgan fingerprint density at radius 2 is 1.86 bits per heavy atom. The Morgan fingerprint density at radius 1 is 1.14 bits per heavy atom. The zero-order valence-electron chi connectivity index (χ0n) is 12.3. The first kappa shape index (κ1) is 15.0. The minimum atomic E-state index is -0.390. The highest BCUT2D eigenvalue weighted by Crippen LogP contribution is 2.26. The van der Waals surface area contributed by atoms with Gasteiger partial charge in [-0.15, -0.1) is 0 Å². The highest BCUT2D eigenvalue weighted by atomic mass is 35.5. The number of rotatable bonds is 4. The van der Waals surface area contributed by atoms with Gasteiger partial charge in [0, 0.05) is 17.3 Å². The Hall–Kier alpha value is -1.87. The van der Waals surface area contributed by atoms with Gasteiger partial charge in [-0.05, 0) is 42.7 Å². The number of pyridine rings is 1. The normalized spacial score (nSPS) is 16.4. The number of nitrogens with one attached hydrogen (secondary N) is 1. The van der Waals surface area contributed by atoms with Crippen LogP contribution in [0.4, 0.5) is 0 Å². The maximum absolute atomic E-state index is 12.8. The summed E-state index contributed by atoms with van der Waals surface area (Å²) in [6, 6.07) is 13.4. The van der Waals surface area contributed by atoms with E-state index in [0.29, 0.717) is 11.1 Å². The molecule has 1 atom stereocenters. The van der Waals surface area contributed by atoms with Crippen molar-refractivity contribution in [2.45, 2.75) is 37.6 Å². The second-order valence-corrected chi connectivity index (χ2v) is 6.17. The van der Waals surface area contributed by atoms with Gasteiger partial charge in [0.2, 0.25) is 5.91 Å². The molecule has 1 aromatic heterocycles. The molecule has 1 unspecified atom stereocenters. The smallest absolute Gasteiger partial charge is 0.233 e. The minimum Gasteiger partial charge on any atom is -0.352 e. The van der Waals surface area contributed by atoms with E-state index in [0.717, 1.165) is 24.1 Å². The van der Waals surface area contributed by atoms with Crippen LogP contribution in [0.25, 0.3) is 0 Å². The number of carbonyl (C=O) groups excluding carboxylic acids is 1. The number of hydrogen-bond donors (Lipinski definition) is 1. The van der Waals surface area contributed by atoms with Crippen LogP contribution in [-0.2, 0) is 4.79 Å². The molecule has 1 heterocycles. The van der Waals surface area contributed by atoms with Gasteiger partial charge in [-0.1, -0.05) is 42.6 Å². The van der Waals surface area contributed by atoms with Crippen LogP contribution in [-0.4, -0.2) is 16.9 Å². The molecule has 22 heavy (non-hydrogen) atoms. The minimum absolute atomic E-state index is 0.0212. The van der Waals surface area contributed by atoms with Crippen LogP contribution < -0.4 is 5.32 Å². The highest BCUT2D eigenvalue weighted by Gasteiger charge is 2.27. The first-order valence-corrected chi connectivity index (χ1v) is 8.08. The second kappa shape index (κ2) is 6.93. The van der Waals surface area contributed by atoms with E-state index in [2.05, 4.69) is 10.3 Å². The average Bonchev–Trinajstić information content (AvgIpc) is 3.03. The molecule has 0 spiro atoms. The van der Waals surface area contributed by atoms with Gasteiger partial charge in [-0.25, -0.2) is 0 Å². The molecule has 1 aliphatic rings. The molecule has 2 aromatic rings. The fourth-order valence-electron chi connectivity index (χ4n) is 3.01. The average molecular weight is 315 g/mol. The van der Waals surface area contributed by atoms with Gasteiger partial charge < -0.3 is 5.32 Å². The summed E-state index contributed by atoms with van der Waals surface area (Å²) in [5.74, 6) is -0.369. The molecule has 1 amide bonds. The summed E-state index contributed by atoms with van der Waals surface area (Å²) in [4.78, 5) is 17.2. The van der Waals surface area contributed by atoms with Gasteiger partial charge in [-0.2, -0.15) is 0 Å². The number of aromatic nitrogens is 1. The van der Waals surface area contributed by atoms with Crippen molar-refractivity contribution in [1.29, 1.82) is 0 Å². The number of carbonyl (C=O) groups is 1. The lowest BCUT2D eigenvalue weighted by Gasteiger charge is -2.20. The highest BCUT2D eigenvalue weighted by molar-refractivity contribution is 6.30. The maximum Gasteiger partial charge on any atom is 0.233 e. The van der Waals surface area contributed by atoms with Crippen LogP contribution in [0.3, 0.4) is 0 Å². The third kappa shape index (κ3) is 3.47. The van der Waals surface area contributed by atoms with Gasteiger partial charge in [0.25, 0.3) is 0 Å². The van der Waals surface area contributed by atoms with E-state index in [-0.39, 0.29) is 11.8 Å². The Kier molecular flexibility index (Phi) is 4.74.